The summed E-state index contributed by atoms with van der Waals surface area (Å²) >= 11 is 0. The number of benzene rings is 2. The van der Waals surface area contributed by atoms with Crippen LogP contribution in [-0.2, 0) is 11.3 Å². The van der Waals surface area contributed by atoms with E-state index >= 15 is 0 Å². The summed E-state index contributed by atoms with van der Waals surface area (Å²) in [6.45, 7) is 2.03. The first-order valence-corrected chi connectivity index (χ1v) is 7.43. The van der Waals surface area contributed by atoms with Gasteiger partial charge in [0.05, 0.1) is 18.2 Å². The Morgan fingerprint density at radius 1 is 1.13 bits per heavy atom. The van der Waals surface area contributed by atoms with E-state index < -0.39 is 0 Å². The van der Waals surface area contributed by atoms with Gasteiger partial charge in [0.1, 0.15) is 5.82 Å². The summed E-state index contributed by atoms with van der Waals surface area (Å²) in [6.07, 6.45) is 0. The Morgan fingerprint density at radius 2 is 1.91 bits per heavy atom. The quantitative estimate of drug-likeness (QED) is 0.875. The summed E-state index contributed by atoms with van der Waals surface area (Å²) in [5.74, 6) is -0.268. The van der Waals surface area contributed by atoms with Crippen LogP contribution in [-0.4, -0.2) is 30.4 Å². The Labute approximate surface area is 134 Å². The second-order valence-electron chi connectivity index (χ2n) is 5.53. The first-order chi connectivity index (χ1) is 11.2. The van der Waals surface area contributed by atoms with Gasteiger partial charge in [-0.05, 0) is 42.0 Å². The van der Waals surface area contributed by atoms with Crippen molar-refractivity contribution >= 4 is 11.6 Å². The van der Waals surface area contributed by atoms with Crippen molar-refractivity contribution in [2.75, 3.05) is 24.5 Å². The number of halogens is 1. The minimum Gasteiger partial charge on any atom is -0.360 e. The molecule has 1 fully saturated rings. The maximum absolute atomic E-state index is 13.2. The molecule has 0 spiro atoms. The molecule has 0 aromatic heterocycles. The van der Waals surface area contributed by atoms with E-state index in [2.05, 4.69) is 6.07 Å². The van der Waals surface area contributed by atoms with Gasteiger partial charge in [-0.3, -0.25) is 4.79 Å². The molecule has 5 heteroatoms. The van der Waals surface area contributed by atoms with E-state index in [1.807, 2.05) is 23.1 Å². The first kappa shape index (κ1) is 15.0. The molecule has 23 heavy (non-hydrogen) atoms. The van der Waals surface area contributed by atoms with Crippen molar-refractivity contribution in [1.82, 2.24) is 4.90 Å². The van der Waals surface area contributed by atoms with Gasteiger partial charge >= 0.3 is 0 Å². The standard InChI is InChI=1S/C18H16FN3O/c19-16-3-1-2-15(10-16)12-22-9-8-21(13-18(22)23)17-6-4-14(11-20)5-7-17/h1-7,10H,8-9,12-13H2. The molecule has 0 unspecified atom stereocenters. The average Bonchev–Trinajstić information content (AvgIpc) is 2.57. The van der Waals surface area contributed by atoms with Crippen LogP contribution in [0.5, 0.6) is 0 Å². The molecular weight excluding hydrogens is 293 g/mol. The van der Waals surface area contributed by atoms with Crippen molar-refractivity contribution in [3.63, 3.8) is 0 Å². The molecule has 1 saturated heterocycles. The Balaban J connectivity index is 1.65. The van der Waals surface area contributed by atoms with Crippen LogP contribution in [0, 0.1) is 17.1 Å². The Bertz CT molecular complexity index is 752. The summed E-state index contributed by atoms with van der Waals surface area (Å²) in [4.78, 5) is 16.1. The highest BCUT2D eigenvalue weighted by molar-refractivity contribution is 5.82. The van der Waals surface area contributed by atoms with Crippen LogP contribution in [0.4, 0.5) is 10.1 Å². The van der Waals surface area contributed by atoms with E-state index in [0.29, 0.717) is 31.7 Å². The van der Waals surface area contributed by atoms with Gasteiger partial charge in [0.15, 0.2) is 0 Å². The molecular formula is C18H16FN3O. The largest absolute Gasteiger partial charge is 0.360 e. The molecule has 0 bridgehead atoms. The van der Waals surface area contributed by atoms with Gasteiger partial charge in [0.25, 0.3) is 0 Å². The average molecular weight is 309 g/mol. The highest BCUT2D eigenvalue weighted by Gasteiger charge is 2.24. The highest BCUT2D eigenvalue weighted by atomic mass is 19.1. The zero-order valence-electron chi connectivity index (χ0n) is 12.6. The maximum Gasteiger partial charge on any atom is 0.242 e. The normalized spacial score (nSPS) is 14.7. The molecule has 0 aliphatic carbocycles. The lowest BCUT2D eigenvalue weighted by Crippen LogP contribution is -2.50. The molecule has 1 aliphatic rings. The third-order valence-corrected chi connectivity index (χ3v) is 3.94. The minimum atomic E-state index is -0.286. The molecule has 116 valence electrons. The van der Waals surface area contributed by atoms with Crippen LogP contribution in [0.1, 0.15) is 11.1 Å². The van der Waals surface area contributed by atoms with Crippen molar-refractivity contribution < 1.29 is 9.18 Å². The molecule has 1 amide bonds. The predicted molar refractivity (Wildman–Crippen MR) is 85.2 cm³/mol. The molecule has 1 heterocycles. The predicted octanol–water partition coefficient (Wildman–Crippen LogP) is 2.55. The summed E-state index contributed by atoms with van der Waals surface area (Å²) in [7, 11) is 0. The molecule has 0 saturated carbocycles. The van der Waals surface area contributed by atoms with Gasteiger partial charge < -0.3 is 9.80 Å². The molecule has 0 radical (unpaired) electrons. The monoisotopic (exact) mass is 309 g/mol. The van der Waals surface area contributed by atoms with Crippen LogP contribution in [0.3, 0.4) is 0 Å². The number of nitrogens with zero attached hydrogens (tertiary/aromatic N) is 3. The SMILES string of the molecule is N#Cc1ccc(N2CCN(Cc3cccc(F)c3)C(=O)C2)cc1. The van der Waals surface area contributed by atoms with Gasteiger partial charge in [0, 0.05) is 25.3 Å². The number of rotatable bonds is 3. The molecule has 4 nitrogen and oxygen atoms in total. The van der Waals surface area contributed by atoms with Crippen LogP contribution in [0.25, 0.3) is 0 Å². The van der Waals surface area contributed by atoms with E-state index in [4.69, 9.17) is 5.26 Å². The zero-order valence-corrected chi connectivity index (χ0v) is 12.6. The lowest BCUT2D eigenvalue weighted by atomic mass is 10.1. The second kappa shape index (κ2) is 6.49. The van der Waals surface area contributed by atoms with E-state index in [-0.39, 0.29) is 11.7 Å². The van der Waals surface area contributed by atoms with Crippen molar-refractivity contribution in [3.05, 3.63) is 65.5 Å². The number of hydrogen-bond donors (Lipinski definition) is 0. The molecule has 0 N–H and O–H groups in total. The lowest BCUT2D eigenvalue weighted by Gasteiger charge is -2.35. The summed E-state index contributed by atoms with van der Waals surface area (Å²) in [5.41, 5.74) is 2.33. The van der Waals surface area contributed by atoms with Gasteiger partial charge in [-0.15, -0.1) is 0 Å². The topological polar surface area (TPSA) is 47.3 Å². The van der Waals surface area contributed by atoms with Crippen LogP contribution in [0.2, 0.25) is 0 Å². The van der Waals surface area contributed by atoms with Crippen molar-refractivity contribution in [2.45, 2.75) is 6.54 Å². The lowest BCUT2D eigenvalue weighted by molar-refractivity contribution is -0.131. The van der Waals surface area contributed by atoms with E-state index in [0.717, 1.165) is 11.3 Å². The number of nitriles is 1. The fraction of sp³-hybridized carbons (Fsp3) is 0.222. The van der Waals surface area contributed by atoms with Crippen molar-refractivity contribution in [1.29, 1.82) is 5.26 Å². The highest BCUT2D eigenvalue weighted by Crippen LogP contribution is 2.19. The third-order valence-electron chi connectivity index (χ3n) is 3.94. The minimum absolute atomic E-state index is 0.0184. The smallest absolute Gasteiger partial charge is 0.242 e. The van der Waals surface area contributed by atoms with Crippen LogP contribution in [0.15, 0.2) is 48.5 Å². The maximum atomic E-state index is 13.2. The third kappa shape index (κ3) is 3.49. The van der Waals surface area contributed by atoms with Gasteiger partial charge in [-0.25, -0.2) is 4.39 Å². The summed E-state index contributed by atoms with van der Waals surface area (Å²) in [5, 5.41) is 8.82. The number of hydrogen-bond acceptors (Lipinski definition) is 3. The van der Waals surface area contributed by atoms with Gasteiger partial charge in [-0.1, -0.05) is 12.1 Å². The molecule has 2 aromatic rings. The van der Waals surface area contributed by atoms with Crippen LogP contribution >= 0.6 is 0 Å². The molecule has 0 atom stereocenters. The van der Waals surface area contributed by atoms with Gasteiger partial charge in [-0.2, -0.15) is 5.26 Å². The second-order valence-corrected chi connectivity index (χ2v) is 5.53. The van der Waals surface area contributed by atoms with E-state index in [1.54, 1.807) is 23.1 Å². The number of amides is 1. The molecule has 1 aliphatic heterocycles. The summed E-state index contributed by atoms with van der Waals surface area (Å²) in [6, 6.07) is 15.6. The Hall–Kier alpha value is -2.87. The van der Waals surface area contributed by atoms with Crippen LogP contribution < -0.4 is 4.90 Å². The van der Waals surface area contributed by atoms with Gasteiger partial charge in [0.2, 0.25) is 5.91 Å². The Kier molecular flexibility index (Phi) is 4.24. The van der Waals surface area contributed by atoms with Crippen molar-refractivity contribution in [3.8, 4) is 6.07 Å². The zero-order chi connectivity index (χ0) is 16.2. The summed E-state index contributed by atoms with van der Waals surface area (Å²) < 4.78 is 13.2. The fourth-order valence-electron chi connectivity index (χ4n) is 2.70. The molecule has 3 rings (SSSR count). The number of piperazine rings is 1. The number of anilines is 1. The van der Waals surface area contributed by atoms with Crippen molar-refractivity contribution in [2.24, 2.45) is 0 Å². The fourth-order valence-corrected chi connectivity index (χ4v) is 2.70. The Morgan fingerprint density at radius 3 is 2.57 bits per heavy atom. The molecule has 2 aromatic carbocycles. The number of carbonyl (C=O) groups is 1. The number of carbonyl (C=O) groups excluding carboxylic acids is 1. The van der Waals surface area contributed by atoms with E-state index in [9.17, 15) is 9.18 Å². The first-order valence-electron chi connectivity index (χ1n) is 7.43. The van der Waals surface area contributed by atoms with E-state index in [1.165, 1.54) is 12.1 Å².